The van der Waals surface area contributed by atoms with E-state index in [0.717, 1.165) is 0 Å². The standard InChI is InChI=1S/C9H9N5O3/c1-17-9(16)7-2-8(10-3-6(7)4-15)14-5-11-12-13-14/h2-3,5,15H,4H2,1H3. The normalized spacial score (nSPS) is 10.2. The quantitative estimate of drug-likeness (QED) is 0.704. The summed E-state index contributed by atoms with van der Waals surface area (Å²) in [6, 6.07) is 1.45. The number of esters is 1. The fraction of sp³-hybridized carbons (Fsp3) is 0.222. The molecule has 2 aromatic heterocycles. The average Bonchev–Trinajstić information content (AvgIpc) is 2.91. The zero-order valence-corrected chi connectivity index (χ0v) is 8.94. The Kier molecular flexibility index (Phi) is 3.06. The van der Waals surface area contributed by atoms with Crippen molar-refractivity contribution >= 4 is 5.97 Å². The van der Waals surface area contributed by atoms with Crippen molar-refractivity contribution in [1.82, 2.24) is 25.2 Å². The van der Waals surface area contributed by atoms with Gasteiger partial charge in [0.05, 0.1) is 19.3 Å². The number of pyridine rings is 1. The average molecular weight is 235 g/mol. The van der Waals surface area contributed by atoms with E-state index in [0.29, 0.717) is 11.4 Å². The van der Waals surface area contributed by atoms with Gasteiger partial charge in [0.2, 0.25) is 0 Å². The first-order valence-corrected chi connectivity index (χ1v) is 4.67. The van der Waals surface area contributed by atoms with Crippen molar-refractivity contribution < 1.29 is 14.6 Å². The van der Waals surface area contributed by atoms with Crippen LogP contribution in [0.3, 0.4) is 0 Å². The second-order valence-electron chi connectivity index (χ2n) is 3.10. The van der Waals surface area contributed by atoms with E-state index in [1.165, 1.54) is 30.4 Å². The molecular formula is C9H9N5O3. The van der Waals surface area contributed by atoms with E-state index >= 15 is 0 Å². The molecule has 8 nitrogen and oxygen atoms in total. The highest BCUT2D eigenvalue weighted by Gasteiger charge is 2.14. The van der Waals surface area contributed by atoms with E-state index in [4.69, 9.17) is 5.11 Å². The predicted molar refractivity (Wildman–Crippen MR) is 54.2 cm³/mol. The third-order valence-corrected chi connectivity index (χ3v) is 2.13. The molecule has 2 rings (SSSR count). The number of aliphatic hydroxyl groups is 1. The number of methoxy groups -OCH3 is 1. The van der Waals surface area contributed by atoms with E-state index in [1.54, 1.807) is 0 Å². The third kappa shape index (κ3) is 2.11. The maximum atomic E-state index is 11.5. The molecule has 0 saturated carbocycles. The maximum Gasteiger partial charge on any atom is 0.338 e. The molecule has 17 heavy (non-hydrogen) atoms. The van der Waals surface area contributed by atoms with Crippen LogP contribution in [0.5, 0.6) is 0 Å². The monoisotopic (exact) mass is 235 g/mol. The van der Waals surface area contributed by atoms with Gasteiger partial charge in [-0.05, 0) is 16.5 Å². The molecule has 0 fully saturated rings. The van der Waals surface area contributed by atoms with Crippen molar-refractivity contribution in [2.45, 2.75) is 6.61 Å². The molecule has 0 bridgehead atoms. The molecule has 1 N–H and O–H groups in total. The van der Waals surface area contributed by atoms with E-state index in [-0.39, 0.29) is 12.2 Å². The first kappa shape index (κ1) is 11.1. The number of rotatable bonds is 3. The molecule has 0 radical (unpaired) electrons. The van der Waals surface area contributed by atoms with Gasteiger partial charge < -0.3 is 9.84 Å². The van der Waals surface area contributed by atoms with Crippen LogP contribution in [-0.2, 0) is 11.3 Å². The van der Waals surface area contributed by atoms with Crippen LogP contribution in [0.4, 0.5) is 0 Å². The minimum absolute atomic E-state index is 0.232. The number of carbonyl (C=O) groups excluding carboxylic acids is 1. The molecular weight excluding hydrogens is 226 g/mol. The van der Waals surface area contributed by atoms with Crippen LogP contribution in [0.25, 0.3) is 5.82 Å². The van der Waals surface area contributed by atoms with Crippen molar-refractivity contribution in [1.29, 1.82) is 0 Å². The molecule has 2 heterocycles. The van der Waals surface area contributed by atoms with Gasteiger partial charge in [-0.3, -0.25) is 0 Å². The summed E-state index contributed by atoms with van der Waals surface area (Å²) in [7, 11) is 1.26. The molecule has 0 aliphatic heterocycles. The van der Waals surface area contributed by atoms with E-state index in [1.807, 2.05) is 0 Å². The summed E-state index contributed by atoms with van der Waals surface area (Å²) < 4.78 is 5.91. The van der Waals surface area contributed by atoms with Crippen LogP contribution < -0.4 is 0 Å². The summed E-state index contributed by atoms with van der Waals surface area (Å²) in [6.07, 6.45) is 2.73. The lowest BCUT2D eigenvalue weighted by Gasteiger charge is -2.06. The number of carbonyl (C=O) groups is 1. The summed E-state index contributed by atoms with van der Waals surface area (Å²) >= 11 is 0. The van der Waals surface area contributed by atoms with E-state index < -0.39 is 5.97 Å². The van der Waals surface area contributed by atoms with Crippen molar-refractivity contribution in [2.24, 2.45) is 0 Å². The van der Waals surface area contributed by atoms with Gasteiger partial charge in [0, 0.05) is 11.8 Å². The van der Waals surface area contributed by atoms with Crippen molar-refractivity contribution in [3.05, 3.63) is 29.7 Å². The lowest BCUT2D eigenvalue weighted by Crippen LogP contribution is -2.09. The van der Waals surface area contributed by atoms with Crippen LogP contribution in [0, 0.1) is 0 Å². The van der Waals surface area contributed by atoms with Gasteiger partial charge in [-0.25, -0.2) is 9.78 Å². The number of nitrogens with zero attached hydrogens (tertiary/aromatic N) is 5. The van der Waals surface area contributed by atoms with Crippen LogP contribution in [0.15, 0.2) is 18.6 Å². The molecule has 8 heteroatoms. The first-order valence-electron chi connectivity index (χ1n) is 4.67. The summed E-state index contributed by atoms with van der Waals surface area (Å²) in [6.45, 7) is -0.298. The number of hydrogen-bond acceptors (Lipinski definition) is 7. The lowest BCUT2D eigenvalue weighted by atomic mass is 10.1. The Morgan fingerprint density at radius 2 is 2.41 bits per heavy atom. The van der Waals surface area contributed by atoms with Gasteiger partial charge in [-0.15, -0.1) is 5.10 Å². The van der Waals surface area contributed by atoms with Crippen LogP contribution in [0.1, 0.15) is 15.9 Å². The topological polar surface area (TPSA) is 103 Å². The van der Waals surface area contributed by atoms with Crippen LogP contribution >= 0.6 is 0 Å². The second kappa shape index (κ2) is 4.66. The fourth-order valence-corrected chi connectivity index (χ4v) is 1.29. The zero-order valence-electron chi connectivity index (χ0n) is 8.94. The Morgan fingerprint density at radius 3 is 3.00 bits per heavy atom. The minimum Gasteiger partial charge on any atom is -0.465 e. The Morgan fingerprint density at radius 1 is 1.59 bits per heavy atom. The van der Waals surface area contributed by atoms with E-state index in [9.17, 15) is 4.79 Å². The van der Waals surface area contributed by atoms with E-state index in [2.05, 4.69) is 25.2 Å². The molecule has 0 spiro atoms. The van der Waals surface area contributed by atoms with Gasteiger partial charge >= 0.3 is 5.97 Å². The number of tetrazole rings is 1. The molecule has 0 amide bonds. The van der Waals surface area contributed by atoms with Crippen molar-refractivity contribution in [2.75, 3.05) is 7.11 Å². The Bertz CT molecular complexity index is 525. The fourth-order valence-electron chi connectivity index (χ4n) is 1.29. The maximum absolute atomic E-state index is 11.5. The highest BCUT2D eigenvalue weighted by atomic mass is 16.5. The predicted octanol–water partition coefficient (Wildman–Crippen LogP) is -0.664. The van der Waals surface area contributed by atoms with Crippen LogP contribution in [-0.4, -0.2) is 43.4 Å². The van der Waals surface area contributed by atoms with Crippen LogP contribution in [0.2, 0.25) is 0 Å². The Hall–Kier alpha value is -2.35. The van der Waals surface area contributed by atoms with Gasteiger partial charge in [0.25, 0.3) is 0 Å². The summed E-state index contributed by atoms with van der Waals surface area (Å²) in [5, 5.41) is 19.7. The third-order valence-electron chi connectivity index (χ3n) is 2.13. The molecule has 0 aliphatic rings. The molecule has 0 unspecified atom stereocenters. The van der Waals surface area contributed by atoms with Crippen molar-refractivity contribution in [3.8, 4) is 5.82 Å². The SMILES string of the molecule is COC(=O)c1cc(-n2cnnn2)ncc1CO. The number of ether oxygens (including phenoxy) is 1. The minimum atomic E-state index is -0.550. The molecule has 0 atom stereocenters. The van der Waals surface area contributed by atoms with Gasteiger partial charge in [0.1, 0.15) is 6.33 Å². The molecule has 0 aliphatic carbocycles. The summed E-state index contributed by atoms with van der Waals surface area (Å²) in [5.41, 5.74) is 0.615. The molecule has 0 saturated heterocycles. The number of hydrogen-bond donors (Lipinski definition) is 1. The van der Waals surface area contributed by atoms with Crippen molar-refractivity contribution in [3.63, 3.8) is 0 Å². The number of aromatic nitrogens is 5. The highest BCUT2D eigenvalue weighted by Crippen LogP contribution is 2.13. The second-order valence-corrected chi connectivity index (χ2v) is 3.10. The number of aliphatic hydroxyl groups excluding tert-OH is 1. The Balaban J connectivity index is 2.48. The largest absolute Gasteiger partial charge is 0.465 e. The molecule has 2 aromatic rings. The molecule has 88 valence electrons. The lowest BCUT2D eigenvalue weighted by molar-refractivity contribution is 0.0597. The summed E-state index contributed by atoms with van der Waals surface area (Å²) in [5.74, 6) is -0.182. The zero-order chi connectivity index (χ0) is 12.3. The first-order chi connectivity index (χ1) is 8.26. The Labute approximate surface area is 95.9 Å². The smallest absolute Gasteiger partial charge is 0.338 e. The summed E-state index contributed by atoms with van der Waals surface area (Å²) in [4.78, 5) is 15.5. The van der Waals surface area contributed by atoms with Gasteiger partial charge in [-0.2, -0.15) is 4.68 Å². The van der Waals surface area contributed by atoms with Gasteiger partial charge in [-0.1, -0.05) is 0 Å². The molecule has 0 aromatic carbocycles. The highest BCUT2D eigenvalue weighted by molar-refractivity contribution is 5.91. The van der Waals surface area contributed by atoms with Gasteiger partial charge in [0.15, 0.2) is 5.82 Å².